The average Bonchev–Trinajstić information content (AvgIpc) is 2.98. The lowest BCUT2D eigenvalue weighted by Crippen LogP contribution is -2.30. The molecule has 146 valence electrons. The second-order valence-electron chi connectivity index (χ2n) is 7.30. The SMILES string of the molecule is CCCCn1c2c(sc1=NC(=S)c1cc(Cl)ccc1OC)C(C)(C)COC2. The average molecular weight is 425 g/mol. The Bertz CT molecular complexity index is 915. The number of methoxy groups -OCH3 is 1. The second kappa shape index (κ2) is 8.43. The molecule has 1 aromatic carbocycles. The summed E-state index contributed by atoms with van der Waals surface area (Å²) in [6, 6.07) is 5.42. The van der Waals surface area contributed by atoms with E-state index in [1.165, 1.54) is 10.6 Å². The van der Waals surface area contributed by atoms with Gasteiger partial charge in [0.15, 0.2) is 4.80 Å². The molecule has 0 amide bonds. The van der Waals surface area contributed by atoms with Crippen molar-refractivity contribution in [1.82, 2.24) is 4.57 Å². The van der Waals surface area contributed by atoms with Gasteiger partial charge in [-0.3, -0.25) is 0 Å². The van der Waals surface area contributed by atoms with Gasteiger partial charge < -0.3 is 14.0 Å². The molecule has 1 aromatic heterocycles. The monoisotopic (exact) mass is 424 g/mol. The highest BCUT2D eigenvalue weighted by atomic mass is 35.5. The van der Waals surface area contributed by atoms with Crippen molar-refractivity contribution in [3.8, 4) is 5.75 Å². The maximum absolute atomic E-state index is 6.16. The fraction of sp³-hybridized carbons (Fsp3) is 0.500. The van der Waals surface area contributed by atoms with Gasteiger partial charge in [-0.1, -0.05) is 51.0 Å². The molecular weight excluding hydrogens is 400 g/mol. The van der Waals surface area contributed by atoms with Crippen molar-refractivity contribution in [2.45, 2.75) is 52.2 Å². The molecule has 1 aliphatic heterocycles. The minimum atomic E-state index is -0.0185. The third-order valence-electron chi connectivity index (χ3n) is 4.65. The van der Waals surface area contributed by atoms with Crippen LogP contribution in [-0.4, -0.2) is 23.3 Å². The number of ether oxygens (including phenoxy) is 2. The van der Waals surface area contributed by atoms with Crippen LogP contribution in [0.3, 0.4) is 0 Å². The van der Waals surface area contributed by atoms with E-state index < -0.39 is 0 Å². The quantitative estimate of drug-likeness (QED) is 0.626. The van der Waals surface area contributed by atoms with E-state index in [9.17, 15) is 0 Å². The number of nitrogens with zero attached hydrogens (tertiary/aromatic N) is 2. The van der Waals surface area contributed by atoms with E-state index in [4.69, 9.17) is 38.3 Å². The molecule has 0 N–H and O–H groups in total. The van der Waals surface area contributed by atoms with Gasteiger partial charge in [0.1, 0.15) is 10.7 Å². The van der Waals surface area contributed by atoms with Crippen molar-refractivity contribution in [2.24, 2.45) is 4.99 Å². The van der Waals surface area contributed by atoms with Crippen LogP contribution in [0.1, 0.15) is 49.7 Å². The predicted octanol–water partition coefficient (Wildman–Crippen LogP) is 5.10. The van der Waals surface area contributed by atoms with Crippen LogP contribution >= 0.6 is 35.2 Å². The molecule has 0 saturated heterocycles. The van der Waals surface area contributed by atoms with Gasteiger partial charge in [-0.2, -0.15) is 0 Å². The summed E-state index contributed by atoms with van der Waals surface area (Å²) in [6.45, 7) is 8.89. The standard InChI is InChI=1S/C20H25ClN2O2S2/c1-5-6-9-23-15-11-25-12-20(2,3)17(15)27-19(23)22-18(26)14-10-13(21)7-8-16(14)24-4/h7-8,10H,5-6,9,11-12H2,1-4H3. The fourth-order valence-electron chi connectivity index (χ4n) is 3.21. The van der Waals surface area contributed by atoms with Gasteiger partial charge in [-0.15, -0.1) is 11.3 Å². The zero-order valence-electron chi connectivity index (χ0n) is 16.2. The first-order valence-electron chi connectivity index (χ1n) is 9.10. The van der Waals surface area contributed by atoms with Gasteiger partial charge >= 0.3 is 0 Å². The summed E-state index contributed by atoms with van der Waals surface area (Å²) in [5.74, 6) is 0.679. The Balaban J connectivity index is 2.11. The van der Waals surface area contributed by atoms with Crippen LogP contribution in [0.5, 0.6) is 5.75 Å². The lowest BCUT2D eigenvalue weighted by molar-refractivity contribution is 0.0607. The summed E-state index contributed by atoms with van der Waals surface area (Å²) < 4.78 is 13.6. The number of hydrogen-bond donors (Lipinski definition) is 0. The van der Waals surface area contributed by atoms with Crippen molar-refractivity contribution in [2.75, 3.05) is 13.7 Å². The van der Waals surface area contributed by atoms with E-state index in [0.29, 0.717) is 22.4 Å². The molecule has 0 bridgehead atoms. The molecule has 0 aliphatic carbocycles. The first-order valence-corrected chi connectivity index (χ1v) is 10.7. The summed E-state index contributed by atoms with van der Waals surface area (Å²) in [4.78, 5) is 7.56. The number of aromatic nitrogens is 1. The lowest BCUT2D eigenvalue weighted by Gasteiger charge is -2.29. The normalized spacial score (nSPS) is 16.3. The minimum absolute atomic E-state index is 0.0185. The van der Waals surface area contributed by atoms with Crippen molar-refractivity contribution >= 4 is 40.1 Å². The van der Waals surface area contributed by atoms with Crippen LogP contribution in [0, 0.1) is 0 Å². The van der Waals surface area contributed by atoms with Gasteiger partial charge in [-0.25, -0.2) is 4.99 Å². The molecule has 0 fully saturated rings. The van der Waals surface area contributed by atoms with Crippen molar-refractivity contribution < 1.29 is 9.47 Å². The Kier molecular flexibility index (Phi) is 6.41. The Labute approximate surface area is 174 Å². The molecule has 0 spiro atoms. The summed E-state index contributed by atoms with van der Waals surface area (Å²) in [5, 5.41) is 0.613. The highest BCUT2D eigenvalue weighted by molar-refractivity contribution is 7.80. The molecule has 0 saturated carbocycles. The zero-order valence-corrected chi connectivity index (χ0v) is 18.6. The van der Waals surface area contributed by atoms with Crippen molar-refractivity contribution in [1.29, 1.82) is 0 Å². The van der Waals surface area contributed by atoms with Crippen molar-refractivity contribution in [3.05, 3.63) is 44.2 Å². The maximum Gasteiger partial charge on any atom is 0.191 e. The first-order chi connectivity index (χ1) is 12.9. The van der Waals surface area contributed by atoms with E-state index >= 15 is 0 Å². The maximum atomic E-state index is 6.16. The van der Waals surface area contributed by atoms with Gasteiger partial charge in [-0.05, 0) is 24.6 Å². The molecule has 0 radical (unpaired) electrons. The predicted molar refractivity (Wildman–Crippen MR) is 115 cm³/mol. The largest absolute Gasteiger partial charge is 0.496 e. The summed E-state index contributed by atoms with van der Waals surface area (Å²) in [5.41, 5.74) is 1.95. The molecule has 7 heteroatoms. The summed E-state index contributed by atoms with van der Waals surface area (Å²) >= 11 is 13.5. The van der Waals surface area contributed by atoms with Crippen LogP contribution in [0.25, 0.3) is 0 Å². The zero-order chi connectivity index (χ0) is 19.6. The molecule has 4 nitrogen and oxygen atoms in total. The van der Waals surface area contributed by atoms with Crippen LogP contribution in [0.2, 0.25) is 5.02 Å². The van der Waals surface area contributed by atoms with E-state index in [0.717, 1.165) is 36.4 Å². The van der Waals surface area contributed by atoms with Gasteiger partial charge in [0.25, 0.3) is 0 Å². The number of thiocarbonyl (C=S) groups is 1. The smallest absolute Gasteiger partial charge is 0.191 e. The number of hydrogen-bond acceptors (Lipinski definition) is 4. The molecule has 3 rings (SSSR count). The third-order valence-corrected chi connectivity index (χ3v) is 6.69. The van der Waals surface area contributed by atoms with Gasteiger partial charge in [0.05, 0.1) is 31.6 Å². The molecular formula is C20H25ClN2O2S2. The fourth-order valence-corrected chi connectivity index (χ4v) is 4.94. The number of halogens is 1. The van der Waals surface area contributed by atoms with Crippen LogP contribution in [0.4, 0.5) is 0 Å². The van der Waals surface area contributed by atoms with Crippen molar-refractivity contribution in [3.63, 3.8) is 0 Å². The van der Waals surface area contributed by atoms with Crippen LogP contribution in [0.15, 0.2) is 23.2 Å². The first kappa shape index (κ1) is 20.5. The van der Waals surface area contributed by atoms with E-state index in [-0.39, 0.29) is 5.41 Å². The number of unbranched alkanes of at least 4 members (excludes halogenated alkanes) is 1. The Hall–Kier alpha value is -1.21. The summed E-state index contributed by atoms with van der Waals surface area (Å²) in [7, 11) is 1.63. The molecule has 0 unspecified atom stereocenters. The van der Waals surface area contributed by atoms with Crippen LogP contribution < -0.4 is 9.54 Å². The topological polar surface area (TPSA) is 35.8 Å². The summed E-state index contributed by atoms with van der Waals surface area (Å²) in [6.07, 6.45) is 2.21. The number of benzene rings is 1. The molecule has 1 aliphatic rings. The number of thiazole rings is 1. The minimum Gasteiger partial charge on any atom is -0.496 e. The highest BCUT2D eigenvalue weighted by Gasteiger charge is 2.32. The Morgan fingerprint density at radius 3 is 2.93 bits per heavy atom. The number of rotatable bonds is 5. The Morgan fingerprint density at radius 2 is 2.22 bits per heavy atom. The molecule has 27 heavy (non-hydrogen) atoms. The molecule has 2 aromatic rings. The second-order valence-corrected chi connectivity index (χ2v) is 9.10. The van der Waals surface area contributed by atoms with E-state index in [1.807, 2.05) is 12.1 Å². The molecule has 0 atom stereocenters. The lowest BCUT2D eigenvalue weighted by atomic mass is 9.90. The van der Waals surface area contributed by atoms with Crippen LogP contribution in [-0.2, 0) is 23.3 Å². The Morgan fingerprint density at radius 1 is 1.44 bits per heavy atom. The molecule has 2 heterocycles. The number of fused-ring (bicyclic) bond motifs is 1. The highest BCUT2D eigenvalue weighted by Crippen LogP contribution is 2.34. The van der Waals surface area contributed by atoms with E-state index in [1.54, 1.807) is 24.5 Å². The van der Waals surface area contributed by atoms with E-state index in [2.05, 4.69) is 25.3 Å². The third kappa shape index (κ3) is 4.29. The van der Waals surface area contributed by atoms with Gasteiger partial charge in [0, 0.05) is 21.9 Å². The van der Waals surface area contributed by atoms with Gasteiger partial charge in [0.2, 0.25) is 0 Å².